The molecule has 0 fully saturated rings. The van der Waals surface area contributed by atoms with Gasteiger partial charge in [-0.2, -0.15) is 43.9 Å². The largest absolute Gasteiger partial charge is 0.482 e. The van der Waals surface area contributed by atoms with E-state index in [1.165, 1.54) is 12.1 Å². The Hall–Kier alpha value is -2.29. The van der Waals surface area contributed by atoms with Crippen LogP contribution in [0.25, 0.3) is 0 Å². The van der Waals surface area contributed by atoms with Crippen LogP contribution in [0.2, 0.25) is 0 Å². The number of hydrogen-bond donors (Lipinski definition) is 0. The fourth-order valence-electron chi connectivity index (χ4n) is 1.84. The third-order valence-electron chi connectivity index (χ3n) is 3.41. The van der Waals surface area contributed by atoms with Gasteiger partial charge in [-0.15, -0.1) is 0 Å². The van der Waals surface area contributed by atoms with Gasteiger partial charge in [-0.3, -0.25) is 0 Å². The molecule has 0 heterocycles. The molecule has 0 unspecified atom stereocenters. The lowest BCUT2D eigenvalue weighted by Crippen LogP contribution is -2.44. The molecule has 31 heavy (non-hydrogen) atoms. The molecule has 1 aromatic carbocycles. The first-order chi connectivity index (χ1) is 14.1. The Bertz CT molecular complexity index is 662. The van der Waals surface area contributed by atoms with Gasteiger partial charge in [0, 0.05) is 13.1 Å². The summed E-state index contributed by atoms with van der Waals surface area (Å²) in [5.74, 6) is 0. The summed E-state index contributed by atoms with van der Waals surface area (Å²) in [4.78, 5) is 12.3. The number of carbonyl (C=O) groups excluding carboxylic acids is 1. The first-order valence-electron chi connectivity index (χ1n) is 8.19. The zero-order valence-electron chi connectivity index (χ0n) is 15.3. The van der Waals surface area contributed by atoms with Gasteiger partial charge in [-0.05, 0) is 5.56 Å². The molecule has 1 amide bonds. The summed E-state index contributed by atoms with van der Waals surface area (Å²) in [6, 6.07) is 7.73. The highest BCUT2D eigenvalue weighted by Crippen LogP contribution is 2.37. The van der Waals surface area contributed by atoms with E-state index in [-0.39, 0.29) is 4.90 Å². The normalized spacial score (nSPS) is 13.2. The average Bonchev–Trinajstić information content (AvgIpc) is 2.63. The van der Waals surface area contributed by atoms with Gasteiger partial charge in [0.05, 0.1) is 13.2 Å². The standard InChI is InChI=1S/C16H15F10NO4/c17-13(18,19)15(23,24)30-8-6-27(7-9-31-16(25,26)14(20,21)22)12(28)29-10-11-4-2-1-3-5-11/h1-5H,6-10H2. The van der Waals surface area contributed by atoms with E-state index in [9.17, 15) is 48.7 Å². The van der Waals surface area contributed by atoms with Crippen LogP contribution in [0.4, 0.5) is 48.7 Å². The Morgan fingerprint density at radius 2 is 1.16 bits per heavy atom. The lowest BCUT2D eigenvalue weighted by atomic mass is 10.2. The number of rotatable bonds is 10. The maximum atomic E-state index is 12.8. The number of nitrogens with zero attached hydrogens (tertiary/aromatic N) is 1. The van der Waals surface area contributed by atoms with Crippen molar-refractivity contribution in [3.05, 3.63) is 35.9 Å². The van der Waals surface area contributed by atoms with Gasteiger partial charge in [0.1, 0.15) is 6.61 Å². The van der Waals surface area contributed by atoms with E-state index in [1.807, 2.05) is 0 Å². The molecule has 0 aliphatic rings. The third-order valence-corrected chi connectivity index (χ3v) is 3.41. The van der Waals surface area contributed by atoms with Crippen LogP contribution < -0.4 is 0 Å². The number of alkyl halides is 10. The van der Waals surface area contributed by atoms with Crippen molar-refractivity contribution in [3.8, 4) is 0 Å². The van der Waals surface area contributed by atoms with Gasteiger partial charge in [0.25, 0.3) is 0 Å². The van der Waals surface area contributed by atoms with E-state index in [1.54, 1.807) is 18.2 Å². The number of hydrogen-bond acceptors (Lipinski definition) is 4. The van der Waals surface area contributed by atoms with E-state index in [0.717, 1.165) is 0 Å². The summed E-state index contributed by atoms with van der Waals surface area (Å²) in [6.45, 7) is -5.40. The highest BCUT2D eigenvalue weighted by atomic mass is 19.4. The van der Waals surface area contributed by atoms with Gasteiger partial charge in [-0.25, -0.2) is 4.79 Å². The van der Waals surface area contributed by atoms with Crippen molar-refractivity contribution in [1.29, 1.82) is 0 Å². The van der Waals surface area contributed by atoms with Crippen molar-refractivity contribution in [2.75, 3.05) is 26.3 Å². The zero-order valence-corrected chi connectivity index (χ0v) is 15.3. The number of amides is 1. The molecule has 0 aliphatic carbocycles. The SMILES string of the molecule is O=C(OCc1ccccc1)N(CCOC(F)(F)C(F)(F)F)CCOC(F)(F)C(F)(F)F. The molecule has 0 aromatic heterocycles. The van der Waals surface area contributed by atoms with Crippen LogP contribution in [0.5, 0.6) is 0 Å². The van der Waals surface area contributed by atoms with Gasteiger partial charge in [0.15, 0.2) is 0 Å². The van der Waals surface area contributed by atoms with Crippen LogP contribution in [-0.4, -0.2) is 61.9 Å². The van der Waals surface area contributed by atoms with Crippen LogP contribution in [0.15, 0.2) is 30.3 Å². The molecular weight excluding hydrogens is 460 g/mol. The smallest absolute Gasteiger partial charge is 0.445 e. The molecule has 0 bridgehead atoms. The molecule has 1 rings (SSSR count). The van der Waals surface area contributed by atoms with Crippen LogP contribution in [0.1, 0.15) is 5.56 Å². The highest BCUT2D eigenvalue weighted by Gasteiger charge is 2.60. The number of halogens is 10. The van der Waals surface area contributed by atoms with Gasteiger partial charge in [0.2, 0.25) is 0 Å². The molecule has 1 aromatic rings. The van der Waals surface area contributed by atoms with E-state index in [0.29, 0.717) is 5.56 Å². The molecule has 178 valence electrons. The summed E-state index contributed by atoms with van der Waals surface area (Å²) >= 11 is 0. The van der Waals surface area contributed by atoms with Crippen molar-refractivity contribution in [1.82, 2.24) is 4.90 Å². The average molecular weight is 475 g/mol. The molecule has 5 nitrogen and oxygen atoms in total. The Labute approximate surface area is 168 Å². The summed E-state index contributed by atoms with van der Waals surface area (Å²) < 4.78 is 135. The van der Waals surface area contributed by atoms with Crippen LogP contribution >= 0.6 is 0 Å². The summed E-state index contributed by atoms with van der Waals surface area (Å²) in [5.41, 5.74) is 0.426. The molecule has 0 spiro atoms. The Morgan fingerprint density at radius 3 is 1.55 bits per heavy atom. The summed E-state index contributed by atoms with van der Waals surface area (Å²) in [6.07, 6.45) is -24.7. The number of ether oxygens (including phenoxy) is 3. The predicted molar refractivity (Wildman–Crippen MR) is 82.1 cm³/mol. The topological polar surface area (TPSA) is 48.0 Å². The minimum atomic E-state index is -6.07. The highest BCUT2D eigenvalue weighted by molar-refractivity contribution is 5.67. The Morgan fingerprint density at radius 1 is 0.742 bits per heavy atom. The van der Waals surface area contributed by atoms with Gasteiger partial charge in [-0.1, -0.05) is 30.3 Å². The quantitative estimate of drug-likeness (QED) is 0.449. The van der Waals surface area contributed by atoms with E-state index in [4.69, 9.17) is 4.74 Å². The van der Waals surface area contributed by atoms with Crippen LogP contribution in [-0.2, 0) is 20.8 Å². The Balaban J connectivity index is 2.72. The predicted octanol–water partition coefficient (Wildman–Crippen LogP) is 4.97. The fraction of sp³-hybridized carbons (Fsp3) is 0.562. The monoisotopic (exact) mass is 475 g/mol. The van der Waals surface area contributed by atoms with Gasteiger partial charge < -0.3 is 19.1 Å². The van der Waals surface area contributed by atoms with Crippen molar-refractivity contribution >= 4 is 6.09 Å². The Kier molecular flexibility index (Phi) is 8.93. The van der Waals surface area contributed by atoms with Crippen LogP contribution in [0, 0.1) is 0 Å². The molecule has 15 heteroatoms. The maximum Gasteiger partial charge on any atom is 0.482 e. The second kappa shape index (κ2) is 10.3. The molecule has 0 radical (unpaired) electrons. The molecule has 0 N–H and O–H groups in total. The van der Waals surface area contributed by atoms with Crippen LogP contribution in [0.3, 0.4) is 0 Å². The van der Waals surface area contributed by atoms with Crippen molar-refractivity contribution in [2.24, 2.45) is 0 Å². The lowest BCUT2D eigenvalue weighted by Gasteiger charge is -2.25. The summed E-state index contributed by atoms with van der Waals surface area (Å²) in [5, 5.41) is 0. The van der Waals surface area contributed by atoms with E-state index >= 15 is 0 Å². The minimum Gasteiger partial charge on any atom is -0.445 e. The maximum absolute atomic E-state index is 12.8. The molecule has 0 saturated heterocycles. The zero-order chi connectivity index (χ0) is 23.9. The van der Waals surface area contributed by atoms with Crippen molar-refractivity contribution in [3.63, 3.8) is 0 Å². The van der Waals surface area contributed by atoms with Crippen molar-refractivity contribution < 1.29 is 62.9 Å². The third kappa shape index (κ3) is 8.40. The minimum absolute atomic E-state index is 0.280. The second-order valence-corrected chi connectivity index (χ2v) is 5.75. The van der Waals surface area contributed by atoms with E-state index < -0.39 is 63.6 Å². The number of carbonyl (C=O) groups is 1. The van der Waals surface area contributed by atoms with Gasteiger partial charge >= 0.3 is 30.7 Å². The van der Waals surface area contributed by atoms with E-state index in [2.05, 4.69) is 9.47 Å². The molecule has 0 aliphatic heterocycles. The molecule has 0 saturated carbocycles. The number of benzene rings is 1. The first-order valence-corrected chi connectivity index (χ1v) is 8.19. The van der Waals surface area contributed by atoms with Crippen molar-refractivity contribution in [2.45, 2.75) is 31.2 Å². The second-order valence-electron chi connectivity index (χ2n) is 5.75. The molecule has 0 atom stereocenters. The summed E-state index contributed by atoms with van der Waals surface area (Å²) in [7, 11) is 0. The molecular formula is C16H15F10NO4. The lowest BCUT2D eigenvalue weighted by molar-refractivity contribution is -0.392. The fourth-order valence-corrected chi connectivity index (χ4v) is 1.84. The first kappa shape index (κ1) is 26.7.